The molecule has 4 amide bonds. The van der Waals surface area contributed by atoms with Crippen molar-refractivity contribution < 1.29 is 19.2 Å². The van der Waals surface area contributed by atoms with Crippen LogP contribution in [0, 0.1) is 0 Å². The van der Waals surface area contributed by atoms with Gasteiger partial charge < -0.3 is 15.2 Å². The van der Waals surface area contributed by atoms with Gasteiger partial charge in [-0.2, -0.15) is 0 Å². The van der Waals surface area contributed by atoms with Gasteiger partial charge in [-0.05, 0) is 37.1 Å². The number of ketones is 1. The Bertz CT molecular complexity index is 1010. The largest absolute Gasteiger partial charge is 0.331 e. The zero-order chi connectivity index (χ0) is 22.0. The summed E-state index contributed by atoms with van der Waals surface area (Å²) in [5, 5.41) is 5.35. The molecule has 1 saturated carbocycles. The number of nitrogens with one attached hydrogen (secondary N) is 2. The Morgan fingerprint density at radius 2 is 1.84 bits per heavy atom. The van der Waals surface area contributed by atoms with Crippen LogP contribution in [0.2, 0.25) is 0 Å². The molecule has 1 aromatic carbocycles. The third-order valence-corrected chi connectivity index (χ3v) is 5.84. The van der Waals surface area contributed by atoms with Gasteiger partial charge in [0.1, 0.15) is 6.04 Å². The summed E-state index contributed by atoms with van der Waals surface area (Å²) >= 11 is 0. The number of nitrogens with zero attached hydrogens (tertiary/aromatic N) is 3. The molecular weight excluding hydrogens is 398 g/mol. The monoisotopic (exact) mass is 423 g/mol. The van der Waals surface area contributed by atoms with Crippen molar-refractivity contribution in [1.82, 2.24) is 19.8 Å². The summed E-state index contributed by atoms with van der Waals surface area (Å²) in [6.07, 6.45) is 7.89. The summed E-state index contributed by atoms with van der Waals surface area (Å²) < 4.78 is 1.64. The Hall–Kier alpha value is -3.49. The zero-order valence-corrected chi connectivity index (χ0v) is 17.3. The first-order valence-corrected chi connectivity index (χ1v) is 10.5. The molecule has 9 heteroatoms. The van der Waals surface area contributed by atoms with Crippen LogP contribution in [0.4, 0.5) is 10.5 Å². The summed E-state index contributed by atoms with van der Waals surface area (Å²) in [5.74, 6) is -0.599. The van der Waals surface area contributed by atoms with Crippen molar-refractivity contribution in [3.8, 4) is 0 Å². The molecule has 2 heterocycles. The molecule has 1 aliphatic carbocycles. The van der Waals surface area contributed by atoms with Crippen LogP contribution in [0.5, 0.6) is 0 Å². The fourth-order valence-electron chi connectivity index (χ4n) is 4.19. The Morgan fingerprint density at radius 3 is 2.48 bits per heavy atom. The highest BCUT2D eigenvalue weighted by atomic mass is 16.2. The number of hydrogen-bond donors (Lipinski definition) is 2. The van der Waals surface area contributed by atoms with E-state index in [-0.39, 0.29) is 30.1 Å². The summed E-state index contributed by atoms with van der Waals surface area (Å²) in [7, 11) is 1.74. The predicted octanol–water partition coefficient (Wildman–Crippen LogP) is 2.23. The fourth-order valence-corrected chi connectivity index (χ4v) is 4.19. The van der Waals surface area contributed by atoms with Gasteiger partial charge in [-0.1, -0.05) is 19.3 Å². The Morgan fingerprint density at radius 1 is 1.13 bits per heavy atom. The minimum absolute atomic E-state index is 0.0712. The van der Waals surface area contributed by atoms with E-state index < -0.39 is 12.1 Å². The van der Waals surface area contributed by atoms with Gasteiger partial charge in [-0.3, -0.25) is 19.3 Å². The third-order valence-electron chi connectivity index (χ3n) is 5.84. The molecular formula is C22H25N5O4. The summed E-state index contributed by atoms with van der Waals surface area (Å²) in [6, 6.07) is 5.14. The first-order chi connectivity index (χ1) is 14.9. The molecule has 2 N–H and O–H groups in total. The lowest BCUT2D eigenvalue weighted by Gasteiger charge is -2.28. The van der Waals surface area contributed by atoms with E-state index in [1.54, 1.807) is 48.3 Å². The maximum atomic E-state index is 12.7. The number of carbonyl (C=O) groups excluding carboxylic acids is 4. The maximum Gasteiger partial charge on any atom is 0.325 e. The number of aryl methyl sites for hydroxylation is 1. The number of anilines is 1. The van der Waals surface area contributed by atoms with Crippen molar-refractivity contribution in [3.05, 3.63) is 48.0 Å². The first kappa shape index (κ1) is 20.8. The van der Waals surface area contributed by atoms with Crippen LogP contribution < -0.4 is 10.6 Å². The van der Waals surface area contributed by atoms with Gasteiger partial charge in [0.05, 0.1) is 6.42 Å². The smallest absolute Gasteiger partial charge is 0.325 e. The van der Waals surface area contributed by atoms with Crippen LogP contribution >= 0.6 is 0 Å². The summed E-state index contributed by atoms with van der Waals surface area (Å²) in [5.41, 5.74) is 0.955. The molecule has 1 atom stereocenters. The molecule has 1 saturated heterocycles. The number of hydrogen-bond acceptors (Lipinski definition) is 5. The molecule has 31 heavy (non-hydrogen) atoms. The highest BCUT2D eigenvalue weighted by Crippen LogP contribution is 2.26. The van der Waals surface area contributed by atoms with Gasteiger partial charge in [-0.15, -0.1) is 0 Å². The number of aromatic nitrogens is 2. The molecule has 0 unspecified atom stereocenters. The van der Waals surface area contributed by atoms with Gasteiger partial charge in [0.15, 0.2) is 5.82 Å². The molecule has 9 nitrogen and oxygen atoms in total. The van der Waals surface area contributed by atoms with Crippen molar-refractivity contribution in [1.29, 1.82) is 0 Å². The van der Waals surface area contributed by atoms with Crippen LogP contribution in [0.25, 0.3) is 0 Å². The summed E-state index contributed by atoms with van der Waals surface area (Å²) in [6.45, 7) is 0. The van der Waals surface area contributed by atoms with Crippen LogP contribution in [-0.2, 0) is 16.6 Å². The Labute approximate surface area is 179 Å². The van der Waals surface area contributed by atoms with Gasteiger partial charge in [0.25, 0.3) is 5.91 Å². The SMILES string of the molecule is Cn1ccnc1C(=O)c1ccc(NC(=O)C[C@H]2NC(=O)N(C3CCCCC3)C2=O)cc1. The zero-order valence-electron chi connectivity index (χ0n) is 17.3. The van der Waals surface area contributed by atoms with Crippen LogP contribution in [0.15, 0.2) is 36.7 Å². The molecule has 0 radical (unpaired) electrons. The Balaban J connectivity index is 1.34. The topological polar surface area (TPSA) is 113 Å². The van der Waals surface area contributed by atoms with Crippen LogP contribution in [0.3, 0.4) is 0 Å². The lowest BCUT2D eigenvalue weighted by atomic mass is 9.94. The average molecular weight is 423 g/mol. The number of urea groups is 1. The molecule has 0 spiro atoms. The van der Waals surface area contributed by atoms with E-state index in [9.17, 15) is 19.2 Å². The molecule has 2 fully saturated rings. The van der Waals surface area contributed by atoms with Crippen molar-refractivity contribution in [2.75, 3.05) is 5.32 Å². The van der Waals surface area contributed by atoms with Crippen LogP contribution in [0.1, 0.15) is 54.7 Å². The second-order valence-corrected chi connectivity index (χ2v) is 8.02. The fraction of sp³-hybridized carbons (Fsp3) is 0.409. The number of amides is 4. The predicted molar refractivity (Wildman–Crippen MR) is 112 cm³/mol. The van der Waals surface area contributed by atoms with E-state index >= 15 is 0 Å². The Kier molecular flexibility index (Phi) is 5.83. The van der Waals surface area contributed by atoms with E-state index in [2.05, 4.69) is 15.6 Å². The van der Waals surface area contributed by atoms with Gasteiger partial charge >= 0.3 is 6.03 Å². The molecule has 2 aliphatic rings. The molecule has 0 bridgehead atoms. The van der Waals surface area contributed by atoms with Gasteiger partial charge in [-0.25, -0.2) is 9.78 Å². The van der Waals surface area contributed by atoms with E-state index in [1.165, 1.54) is 4.90 Å². The number of rotatable bonds is 6. The van der Waals surface area contributed by atoms with E-state index in [0.29, 0.717) is 17.1 Å². The quantitative estimate of drug-likeness (QED) is 0.546. The van der Waals surface area contributed by atoms with Gasteiger partial charge in [0.2, 0.25) is 11.7 Å². The van der Waals surface area contributed by atoms with Gasteiger partial charge in [0, 0.05) is 36.7 Å². The van der Waals surface area contributed by atoms with E-state index in [0.717, 1.165) is 32.1 Å². The lowest BCUT2D eigenvalue weighted by molar-refractivity contribution is -0.131. The first-order valence-electron chi connectivity index (χ1n) is 10.5. The number of imidazole rings is 1. The third kappa shape index (κ3) is 4.35. The number of benzene rings is 1. The van der Waals surface area contributed by atoms with Crippen LogP contribution in [-0.4, -0.2) is 50.2 Å². The van der Waals surface area contributed by atoms with Crippen molar-refractivity contribution in [2.45, 2.75) is 50.6 Å². The highest BCUT2D eigenvalue weighted by molar-refractivity contribution is 6.08. The summed E-state index contributed by atoms with van der Waals surface area (Å²) in [4.78, 5) is 55.2. The minimum Gasteiger partial charge on any atom is -0.331 e. The second-order valence-electron chi connectivity index (χ2n) is 8.02. The van der Waals surface area contributed by atoms with E-state index in [1.807, 2.05) is 0 Å². The van der Waals surface area contributed by atoms with E-state index in [4.69, 9.17) is 0 Å². The second kappa shape index (κ2) is 8.71. The molecule has 1 aromatic heterocycles. The molecule has 4 rings (SSSR count). The molecule has 1 aliphatic heterocycles. The maximum absolute atomic E-state index is 12.7. The standard InChI is InChI=1S/C22H25N5O4/c1-26-12-11-23-20(26)19(29)14-7-9-15(10-8-14)24-18(28)13-17-21(30)27(22(31)25-17)16-5-3-2-4-6-16/h7-12,16-17H,2-6,13H2,1H3,(H,24,28)(H,25,31)/t17-/m1/s1. The molecule has 2 aromatic rings. The van der Waals surface area contributed by atoms with Crippen molar-refractivity contribution >= 4 is 29.3 Å². The highest BCUT2D eigenvalue weighted by Gasteiger charge is 2.42. The normalized spacial score (nSPS) is 19.4. The average Bonchev–Trinajstić information content (AvgIpc) is 3.31. The van der Waals surface area contributed by atoms with Crippen molar-refractivity contribution in [2.24, 2.45) is 7.05 Å². The minimum atomic E-state index is -0.848. The number of imide groups is 1. The van der Waals surface area contributed by atoms with Crippen molar-refractivity contribution in [3.63, 3.8) is 0 Å². The lowest BCUT2D eigenvalue weighted by Crippen LogP contribution is -2.42. The molecule has 162 valence electrons. The number of carbonyl (C=O) groups is 4.